The zero-order chi connectivity index (χ0) is 24.7. The normalized spacial score (nSPS) is 11.5. The van der Waals surface area contributed by atoms with Gasteiger partial charge in [-0.25, -0.2) is 13.8 Å². The molecule has 0 bridgehead atoms. The molecule has 0 spiro atoms. The number of alkyl halides is 2. The van der Waals surface area contributed by atoms with Gasteiger partial charge in [-0.05, 0) is 38.5 Å². The minimum Gasteiger partial charge on any atom is -0.365 e. The predicted octanol–water partition coefficient (Wildman–Crippen LogP) is 3.88. The Morgan fingerprint density at radius 3 is 2.50 bits per heavy atom. The van der Waals surface area contributed by atoms with E-state index in [2.05, 4.69) is 20.5 Å². The SMILES string of the molecule is Cc1cc(C)n(CCC(=O)Nc2c(C(N)=O)sc3nc(C(F)F)cc(-c4cnn(C)c4C)c23)n1. The van der Waals surface area contributed by atoms with Crippen LogP contribution in [-0.4, -0.2) is 36.4 Å². The molecule has 12 heteroatoms. The van der Waals surface area contributed by atoms with Crippen LogP contribution in [0.5, 0.6) is 0 Å². The lowest BCUT2D eigenvalue weighted by atomic mass is 10.0. The Balaban J connectivity index is 1.80. The van der Waals surface area contributed by atoms with Crippen molar-refractivity contribution in [1.82, 2.24) is 24.5 Å². The van der Waals surface area contributed by atoms with E-state index in [1.807, 2.05) is 19.9 Å². The fourth-order valence-electron chi connectivity index (χ4n) is 3.81. The summed E-state index contributed by atoms with van der Waals surface area (Å²) in [6.45, 7) is 5.89. The number of fused-ring (bicyclic) bond motifs is 1. The maximum Gasteiger partial charge on any atom is 0.280 e. The zero-order valence-electron chi connectivity index (χ0n) is 19.0. The van der Waals surface area contributed by atoms with E-state index in [9.17, 15) is 18.4 Å². The third-order valence-electron chi connectivity index (χ3n) is 5.57. The van der Waals surface area contributed by atoms with Crippen molar-refractivity contribution in [1.29, 1.82) is 0 Å². The molecule has 0 fully saturated rings. The number of thiophene rings is 1. The van der Waals surface area contributed by atoms with Crippen LogP contribution in [0.2, 0.25) is 0 Å². The molecule has 0 aliphatic heterocycles. The molecule has 0 aliphatic rings. The highest BCUT2D eigenvalue weighted by Gasteiger charge is 2.26. The number of aryl methyl sites for hydroxylation is 4. The van der Waals surface area contributed by atoms with Crippen LogP contribution in [0.3, 0.4) is 0 Å². The number of carbonyl (C=O) groups is 2. The molecule has 0 saturated carbocycles. The lowest BCUT2D eigenvalue weighted by Crippen LogP contribution is -2.18. The number of nitrogens with zero attached hydrogens (tertiary/aromatic N) is 5. The Morgan fingerprint density at radius 1 is 1.21 bits per heavy atom. The molecule has 0 unspecified atom stereocenters. The molecule has 34 heavy (non-hydrogen) atoms. The summed E-state index contributed by atoms with van der Waals surface area (Å²) >= 11 is 0.869. The number of aromatic nitrogens is 5. The second-order valence-corrected chi connectivity index (χ2v) is 8.96. The number of nitrogens with one attached hydrogen (secondary N) is 1. The van der Waals surface area contributed by atoms with E-state index in [1.165, 1.54) is 6.07 Å². The van der Waals surface area contributed by atoms with Gasteiger partial charge in [0, 0.05) is 42.4 Å². The highest BCUT2D eigenvalue weighted by Crippen LogP contribution is 2.43. The first-order valence-corrected chi connectivity index (χ1v) is 11.2. The number of primary amides is 1. The Labute approximate surface area is 197 Å². The summed E-state index contributed by atoms with van der Waals surface area (Å²) in [7, 11) is 1.73. The van der Waals surface area contributed by atoms with Crippen LogP contribution < -0.4 is 11.1 Å². The van der Waals surface area contributed by atoms with Crippen LogP contribution in [0.1, 0.15) is 45.3 Å². The van der Waals surface area contributed by atoms with Crippen LogP contribution >= 0.6 is 11.3 Å². The Morgan fingerprint density at radius 2 is 1.94 bits per heavy atom. The predicted molar refractivity (Wildman–Crippen MR) is 125 cm³/mol. The number of halogens is 2. The van der Waals surface area contributed by atoms with Gasteiger partial charge < -0.3 is 11.1 Å². The van der Waals surface area contributed by atoms with E-state index in [4.69, 9.17) is 5.73 Å². The molecule has 0 saturated heterocycles. The standard InChI is InChI=1S/C22H23F2N7O2S/c1-10-7-11(2)31(29-10)6-5-16(32)28-18-17-13(14-9-26-30(4)12(14)3)8-15(20(23)24)27-22(17)34-19(18)21(25)33/h7-9,20H,5-6H2,1-4H3,(H2,25,33)(H,28,32). The number of hydrogen-bond acceptors (Lipinski definition) is 6. The number of carbonyl (C=O) groups excluding carboxylic acids is 2. The number of nitrogens with two attached hydrogens (primary N) is 1. The van der Waals surface area contributed by atoms with Gasteiger partial charge in [0.2, 0.25) is 5.91 Å². The van der Waals surface area contributed by atoms with Crippen LogP contribution in [-0.2, 0) is 18.4 Å². The van der Waals surface area contributed by atoms with Crippen molar-refractivity contribution in [2.24, 2.45) is 12.8 Å². The van der Waals surface area contributed by atoms with Crippen LogP contribution in [0.25, 0.3) is 21.3 Å². The molecule has 4 heterocycles. The first-order chi connectivity index (χ1) is 16.1. The maximum absolute atomic E-state index is 13.6. The molecule has 0 radical (unpaired) electrons. The molecule has 178 valence electrons. The average molecular weight is 488 g/mol. The van der Waals surface area contributed by atoms with Gasteiger partial charge in [0.1, 0.15) is 15.4 Å². The third kappa shape index (κ3) is 4.28. The van der Waals surface area contributed by atoms with Crippen molar-refractivity contribution in [3.8, 4) is 11.1 Å². The van der Waals surface area contributed by atoms with Crippen molar-refractivity contribution < 1.29 is 18.4 Å². The van der Waals surface area contributed by atoms with Gasteiger partial charge in [-0.15, -0.1) is 11.3 Å². The summed E-state index contributed by atoms with van der Waals surface area (Å²) in [5.74, 6) is -1.16. The van der Waals surface area contributed by atoms with Gasteiger partial charge in [0.05, 0.1) is 17.6 Å². The lowest BCUT2D eigenvalue weighted by Gasteiger charge is -2.11. The van der Waals surface area contributed by atoms with E-state index in [0.717, 1.165) is 28.4 Å². The fourth-order valence-corrected chi connectivity index (χ4v) is 4.82. The summed E-state index contributed by atoms with van der Waals surface area (Å²) < 4.78 is 30.6. The van der Waals surface area contributed by atoms with Crippen molar-refractivity contribution in [3.05, 3.63) is 46.0 Å². The van der Waals surface area contributed by atoms with Gasteiger partial charge in [-0.2, -0.15) is 10.2 Å². The quantitative estimate of drug-likeness (QED) is 0.410. The Hall–Kier alpha value is -3.67. The van der Waals surface area contributed by atoms with Crippen molar-refractivity contribution in [2.45, 2.75) is 40.2 Å². The largest absolute Gasteiger partial charge is 0.365 e. The second kappa shape index (κ2) is 8.93. The summed E-state index contributed by atoms with van der Waals surface area (Å²) in [6, 6.07) is 3.17. The summed E-state index contributed by atoms with van der Waals surface area (Å²) in [5, 5.41) is 11.7. The van der Waals surface area contributed by atoms with Crippen molar-refractivity contribution in [3.63, 3.8) is 0 Å². The number of hydrogen-bond donors (Lipinski definition) is 2. The average Bonchev–Trinajstić information content (AvgIpc) is 3.41. The summed E-state index contributed by atoms with van der Waals surface area (Å²) in [5.41, 5.74) is 8.76. The van der Waals surface area contributed by atoms with Crippen molar-refractivity contribution >= 4 is 39.1 Å². The van der Waals surface area contributed by atoms with Gasteiger partial charge >= 0.3 is 0 Å². The minimum atomic E-state index is -2.82. The zero-order valence-corrected chi connectivity index (χ0v) is 19.8. The third-order valence-corrected chi connectivity index (χ3v) is 6.67. The highest BCUT2D eigenvalue weighted by atomic mass is 32.1. The maximum atomic E-state index is 13.6. The minimum absolute atomic E-state index is 0.0381. The van der Waals surface area contributed by atoms with Gasteiger partial charge in [0.15, 0.2) is 0 Å². The number of pyridine rings is 1. The second-order valence-electron chi connectivity index (χ2n) is 7.96. The number of anilines is 1. The smallest absolute Gasteiger partial charge is 0.280 e. The van der Waals surface area contributed by atoms with E-state index in [-0.39, 0.29) is 27.7 Å². The number of rotatable bonds is 7. The van der Waals surface area contributed by atoms with Crippen LogP contribution in [0.15, 0.2) is 18.3 Å². The molecule has 4 aromatic rings. The molecule has 4 rings (SSSR count). The van der Waals surface area contributed by atoms with E-state index in [1.54, 1.807) is 29.5 Å². The highest BCUT2D eigenvalue weighted by molar-refractivity contribution is 7.21. The fraction of sp³-hybridized carbons (Fsp3) is 0.318. The first-order valence-electron chi connectivity index (χ1n) is 10.4. The van der Waals surface area contributed by atoms with Crippen molar-refractivity contribution in [2.75, 3.05) is 5.32 Å². The molecule has 9 nitrogen and oxygen atoms in total. The summed E-state index contributed by atoms with van der Waals surface area (Å²) in [4.78, 5) is 29.3. The molecule has 3 N–H and O–H groups in total. The molecular formula is C22H23F2N7O2S. The monoisotopic (exact) mass is 487 g/mol. The lowest BCUT2D eigenvalue weighted by molar-refractivity contribution is -0.116. The molecule has 2 amide bonds. The molecule has 0 aromatic carbocycles. The Kier molecular flexibility index (Phi) is 6.17. The molecule has 0 aliphatic carbocycles. The first kappa shape index (κ1) is 23.5. The van der Waals surface area contributed by atoms with Gasteiger partial charge in [-0.3, -0.25) is 19.0 Å². The van der Waals surface area contributed by atoms with E-state index >= 15 is 0 Å². The van der Waals surface area contributed by atoms with E-state index in [0.29, 0.717) is 23.1 Å². The van der Waals surface area contributed by atoms with E-state index < -0.39 is 18.0 Å². The number of amides is 2. The van der Waals surface area contributed by atoms with Gasteiger partial charge in [0.25, 0.3) is 12.3 Å². The summed E-state index contributed by atoms with van der Waals surface area (Å²) in [6.07, 6.45) is -1.19. The molecular weight excluding hydrogens is 464 g/mol. The topological polar surface area (TPSA) is 121 Å². The molecule has 4 aromatic heterocycles. The van der Waals surface area contributed by atoms with Gasteiger partial charge in [-0.1, -0.05) is 0 Å². The Bertz CT molecular complexity index is 1420. The van der Waals surface area contributed by atoms with Crippen LogP contribution in [0, 0.1) is 20.8 Å². The van der Waals surface area contributed by atoms with Crippen LogP contribution in [0.4, 0.5) is 14.5 Å². The molecule has 0 atom stereocenters.